The van der Waals surface area contributed by atoms with Crippen LogP contribution >= 0.6 is 0 Å². The molecule has 4 N–H and O–H groups in total. The number of fused-ring (bicyclic) bond motifs is 2. The van der Waals surface area contributed by atoms with Gasteiger partial charge in [-0.2, -0.15) is 9.50 Å². The number of carbonyl (C=O) groups is 3. The van der Waals surface area contributed by atoms with Gasteiger partial charge in [-0.3, -0.25) is 14.4 Å². The van der Waals surface area contributed by atoms with E-state index < -0.39 is 11.8 Å². The third-order valence-corrected chi connectivity index (χ3v) is 7.73. The molecule has 0 aliphatic heterocycles. The van der Waals surface area contributed by atoms with Gasteiger partial charge in [-0.05, 0) is 68.1 Å². The zero-order valence-electron chi connectivity index (χ0n) is 21.2. The first-order valence-corrected chi connectivity index (χ1v) is 12.7. The molecule has 0 saturated heterocycles. The third kappa shape index (κ3) is 5.02. The maximum absolute atomic E-state index is 13.6. The number of hydrogen-bond donors (Lipinski definition) is 3. The molecular formula is C26H30FN7O4. The van der Waals surface area contributed by atoms with E-state index in [-0.39, 0.29) is 59.3 Å². The molecule has 3 aromatic rings. The second-order valence-electron chi connectivity index (χ2n) is 10.1. The van der Waals surface area contributed by atoms with Crippen LogP contribution < -0.4 is 16.4 Å². The van der Waals surface area contributed by atoms with Crippen molar-refractivity contribution in [1.29, 1.82) is 0 Å². The molecule has 11 nitrogen and oxygen atoms in total. The van der Waals surface area contributed by atoms with Crippen molar-refractivity contribution in [3.8, 4) is 0 Å². The monoisotopic (exact) mass is 523 g/mol. The van der Waals surface area contributed by atoms with E-state index in [2.05, 4.69) is 25.7 Å². The zero-order valence-corrected chi connectivity index (χ0v) is 21.2. The molecule has 2 aromatic heterocycles. The lowest BCUT2D eigenvalue weighted by Crippen LogP contribution is -2.41. The number of nitrogens with zero attached hydrogens (tertiary/aromatic N) is 4. The number of nitrogens with one attached hydrogen (secondary N) is 2. The summed E-state index contributed by atoms with van der Waals surface area (Å²) < 4.78 is 19.7. The van der Waals surface area contributed by atoms with E-state index in [1.54, 1.807) is 19.1 Å². The quantitative estimate of drug-likeness (QED) is 0.416. The maximum Gasteiger partial charge on any atom is 0.308 e. The van der Waals surface area contributed by atoms with E-state index in [9.17, 15) is 18.8 Å². The van der Waals surface area contributed by atoms with Gasteiger partial charge in [0, 0.05) is 18.7 Å². The molecule has 4 atom stereocenters. The number of aromatic nitrogens is 4. The van der Waals surface area contributed by atoms with E-state index in [0.717, 1.165) is 37.7 Å². The van der Waals surface area contributed by atoms with Crippen LogP contribution in [0.25, 0.3) is 5.78 Å². The average molecular weight is 524 g/mol. The van der Waals surface area contributed by atoms with Gasteiger partial charge in [0.25, 0.3) is 17.6 Å². The largest absolute Gasteiger partial charge is 0.469 e. The van der Waals surface area contributed by atoms with E-state index in [1.807, 2.05) is 0 Å². The maximum atomic E-state index is 13.6. The van der Waals surface area contributed by atoms with Crippen molar-refractivity contribution in [1.82, 2.24) is 30.2 Å². The van der Waals surface area contributed by atoms with E-state index in [0.29, 0.717) is 11.5 Å². The molecule has 2 aliphatic rings. The second kappa shape index (κ2) is 10.3. The number of nitrogen functional groups attached to an aromatic ring is 1. The van der Waals surface area contributed by atoms with Crippen molar-refractivity contribution in [3.63, 3.8) is 0 Å². The number of hydrogen-bond acceptors (Lipinski definition) is 8. The first kappa shape index (κ1) is 25.6. The molecule has 0 radical (unpaired) electrons. The molecular weight excluding hydrogens is 493 g/mol. The molecule has 2 unspecified atom stereocenters. The molecule has 38 heavy (non-hydrogen) atoms. The fourth-order valence-corrected chi connectivity index (χ4v) is 5.81. The molecule has 5 rings (SSSR count). The van der Waals surface area contributed by atoms with Crippen molar-refractivity contribution in [3.05, 3.63) is 52.6 Å². The molecule has 2 saturated carbocycles. The third-order valence-electron chi connectivity index (χ3n) is 7.73. The van der Waals surface area contributed by atoms with Crippen molar-refractivity contribution >= 4 is 29.5 Å². The summed E-state index contributed by atoms with van der Waals surface area (Å²) in [5.41, 5.74) is 7.01. The van der Waals surface area contributed by atoms with Crippen LogP contribution in [0, 0.1) is 30.5 Å². The van der Waals surface area contributed by atoms with Crippen LogP contribution in [0.15, 0.2) is 24.3 Å². The van der Waals surface area contributed by atoms with Gasteiger partial charge < -0.3 is 21.1 Å². The normalized spacial score (nSPS) is 22.6. The number of anilines is 1. The lowest BCUT2D eigenvalue weighted by atomic mass is 9.75. The van der Waals surface area contributed by atoms with Gasteiger partial charge in [-0.25, -0.2) is 9.37 Å². The summed E-state index contributed by atoms with van der Waals surface area (Å²) in [5.74, 6) is -0.941. The van der Waals surface area contributed by atoms with Crippen molar-refractivity contribution < 1.29 is 23.5 Å². The number of rotatable bonds is 6. The topological polar surface area (TPSA) is 154 Å². The fraction of sp³-hybridized carbons (Fsp3) is 0.462. The summed E-state index contributed by atoms with van der Waals surface area (Å²) in [6.07, 6.45) is 4.07. The number of ether oxygens (including phenoxy) is 1. The van der Waals surface area contributed by atoms with E-state index in [4.69, 9.17) is 10.5 Å². The Labute approximate surface area is 218 Å². The van der Waals surface area contributed by atoms with Gasteiger partial charge in [-0.15, -0.1) is 5.10 Å². The van der Waals surface area contributed by atoms with Crippen LogP contribution in [0.1, 0.15) is 64.2 Å². The lowest BCUT2D eigenvalue weighted by molar-refractivity contribution is -0.147. The molecule has 1 aromatic carbocycles. The molecule has 0 bridgehead atoms. The van der Waals surface area contributed by atoms with Gasteiger partial charge in [0.1, 0.15) is 17.2 Å². The fourth-order valence-electron chi connectivity index (χ4n) is 5.81. The Morgan fingerprint density at radius 1 is 1.13 bits per heavy atom. The molecule has 0 spiro atoms. The van der Waals surface area contributed by atoms with Crippen LogP contribution in [0.4, 0.5) is 10.3 Å². The van der Waals surface area contributed by atoms with Crippen molar-refractivity contribution in [2.24, 2.45) is 17.8 Å². The number of amides is 2. The van der Waals surface area contributed by atoms with E-state index in [1.165, 1.54) is 23.8 Å². The first-order valence-electron chi connectivity index (χ1n) is 12.7. The summed E-state index contributed by atoms with van der Waals surface area (Å²) in [6, 6.07) is 5.90. The summed E-state index contributed by atoms with van der Waals surface area (Å²) in [6.45, 7) is 1.79. The number of benzene rings is 1. The summed E-state index contributed by atoms with van der Waals surface area (Å²) in [7, 11) is 1.41. The van der Waals surface area contributed by atoms with Crippen molar-refractivity contribution in [2.75, 3.05) is 12.8 Å². The Morgan fingerprint density at radius 3 is 2.71 bits per heavy atom. The van der Waals surface area contributed by atoms with Crippen LogP contribution in [-0.4, -0.2) is 50.5 Å². The predicted molar refractivity (Wildman–Crippen MR) is 134 cm³/mol. The second-order valence-corrected chi connectivity index (χ2v) is 10.1. The molecule has 12 heteroatoms. The smallest absolute Gasteiger partial charge is 0.308 e. The van der Waals surface area contributed by atoms with Gasteiger partial charge in [-0.1, -0.05) is 12.1 Å². The highest BCUT2D eigenvalue weighted by Crippen LogP contribution is 2.44. The number of methoxy groups -OCH3 is 1. The minimum atomic E-state index is -0.514. The minimum absolute atomic E-state index is 0.0272. The Balaban J connectivity index is 1.31. The number of halogens is 1. The standard InChI is InChI=1S/C26H30FN7O4/c1-13-9-14(3-7-18(13)27)12-29-23(36)21-11-20(31-26-32-25(28)33-34(21)26)22(35)30-19-8-5-15-10-16(24(37)38-2)4-6-17(15)19/h3,7,9,11,15-17,19H,4-6,8,10,12H2,1-2H3,(H2,28,33)(H,29,36)(H,30,35)/t15?,16-,17?,19-/m0/s1. The zero-order chi connectivity index (χ0) is 27.0. The average Bonchev–Trinajstić information content (AvgIpc) is 3.49. The molecule has 2 amide bonds. The summed E-state index contributed by atoms with van der Waals surface area (Å²) >= 11 is 0. The predicted octanol–water partition coefficient (Wildman–Crippen LogP) is 2.18. The minimum Gasteiger partial charge on any atom is -0.469 e. The number of esters is 1. The Morgan fingerprint density at radius 2 is 1.95 bits per heavy atom. The SMILES string of the molecule is COC(=O)[C@H]1CCC2C(CC[C@@H]2NC(=O)c2cc(C(=O)NCc3ccc(F)c(C)c3)n3nc(N)nc3n2)C1. The van der Waals surface area contributed by atoms with Crippen molar-refractivity contribution in [2.45, 2.75) is 51.6 Å². The van der Waals surface area contributed by atoms with Crippen LogP contribution in [-0.2, 0) is 16.1 Å². The highest BCUT2D eigenvalue weighted by molar-refractivity contribution is 5.98. The van der Waals surface area contributed by atoms with Crippen LogP contribution in [0.3, 0.4) is 0 Å². The molecule has 200 valence electrons. The summed E-state index contributed by atoms with van der Waals surface area (Å²) in [5, 5.41) is 9.90. The lowest BCUT2D eigenvalue weighted by Gasteiger charge is -2.33. The highest BCUT2D eigenvalue weighted by Gasteiger charge is 2.43. The van der Waals surface area contributed by atoms with E-state index >= 15 is 0 Å². The number of nitrogens with two attached hydrogens (primary N) is 1. The number of aryl methyl sites for hydroxylation is 1. The highest BCUT2D eigenvalue weighted by atomic mass is 19.1. The molecule has 2 heterocycles. The van der Waals surface area contributed by atoms with Crippen LogP contribution in [0.2, 0.25) is 0 Å². The van der Waals surface area contributed by atoms with Gasteiger partial charge in [0.2, 0.25) is 5.95 Å². The van der Waals surface area contributed by atoms with Crippen LogP contribution in [0.5, 0.6) is 0 Å². The summed E-state index contributed by atoms with van der Waals surface area (Å²) in [4.78, 5) is 46.7. The molecule has 2 fully saturated rings. The Bertz CT molecular complexity index is 1410. The van der Waals surface area contributed by atoms with Gasteiger partial charge in [0.15, 0.2) is 0 Å². The Kier molecular flexibility index (Phi) is 6.96. The number of carbonyl (C=O) groups excluding carboxylic acids is 3. The van der Waals surface area contributed by atoms with Gasteiger partial charge in [0.05, 0.1) is 13.0 Å². The molecule has 2 aliphatic carbocycles. The van der Waals surface area contributed by atoms with Gasteiger partial charge >= 0.3 is 5.97 Å². The first-order chi connectivity index (χ1) is 18.2. The Hall–Kier alpha value is -4.09.